The van der Waals surface area contributed by atoms with Crippen LogP contribution in [0.2, 0.25) is 0 Å². The molecule has 3 N–H and O–H groups in total. The minimum absolute atomic E-state index is 0.0568. The van der Waals surface area contributed by atoms with Gasteiger partial charge in [0.25, 0.3) is 5.91 Å². The molecule has 1 unspecified atom stereocenters. The molecule has 4 rings (SSSR count). The summed E-state index contributed by atoms with van der Waals surface area (Å²) in [4.78, 5) is 38.3. The molecule has 2 heterocycles. The topological polar surface area (TPSA) is 87.3 Å². The van der Waals surface area contributed by atoms with Gasteiger partial charge in [-0.15, -0.1) is 11.3 Å². The number of rotatable bonds is 4. The number of benzene rings is 1. The molecule has 0 fully saturated rings. The van der Waals surface area contributed by atoms with Crippen LogP contribution < -0.4 is 16.2 Å². The second kappa shape index (κ2) is 7.52. The molecule has 0 saturated heterocycles. The molecule has 0 saturated carbocycles. The van der Waals surface area contributed by atoms with E-state index in [0.717, 1.165) is 30.5 Å². The number of amides is 3. The summed E-state index contributed by atoms with van der Waals surface area (Å²) in [6.45, 7) is 0. The zero-order valence-electron chi connectivity index (χ0n) is 14.8. The Morgan fingerprint density at radius 2 is 2.00 bits per heavy atom. The Labute approximate surface area is 161 Å². The van der Waals surface area contributed by atoms with Gasteiger partial charge in [-0.2, -0.15) is 0 Å². The summed E-state index contributed by atoms with van der Waals surface area (Å²) in [5, 5.41) is 2.89. The standard InChI is InChI=1S/C20H21N3O3S/c24-18(22-23-20(26)17-11-13-5-3-7-16(13)27-17)9-8-14-10-12-4-1-2-6-15(12)21-19(14)25/h1-2,4,6,11,14H,3,5,7-10H2,(H,21,25)(H,22,24)(H,23,26). The van der Waals surface area contributed by atoms with Crippen molar-refractivity contribution in [2.45, 2.75) is 38.5 Å². The molecular formula is C20H21N3O3S. The van der Waals surface area contributed by atoms with Crippen molar-refractivity contribution >= 4 is 34.7 Å². The van der Waals surface area contributed by atoms with Crippen molar-refractivity contribution in [1.29, 1.82) is 0 Å². The van der Waals surface area contributed by atoms with Gasteiger partial charge in [-0.25, -0.2) is 0 Å². The van der Waals surface area contributed by atoms with Gasteiger partial charge in [0, 0.05) is 22.9 Å². The molecule has 2 aliphatic rings. The fraction of sp³-hybridized carbons (Fsp3) is 0.350. The van der Waals surface area contributed by atoms with Gasteiger partial charge in [-0.05, 0) is 55.4 Å². The van der Waals surface area contributed by atoms with E-state index < -0.39 is 0 Å². The number of nitrogens with one attached hydrogen (secondary N) is 3. The molecule has 0 spiro atoms. The van der Waals surface area contributed by atoms with Gasteiger partial charge in [0.2, 0.25) is 11.8 Å². The molecule has 1 aromatic heterocycles. The van der Waals surface area contributed by atoms with E-state index in [2.05, 4.69) is 16.2 Å². The van der Waals surface area contributed by atoms with Crippen LogP contribution in [0.5, 0.6) is 0 Å². The van der Waals surface area contributed by atoms with Gasteiger partial charge in [0.1, 0.15) is 0 Å². The van der Waals surface area contributed by atoms with Crippen molar-refractivity contribution in [2.75, 3.05) is 5.32 Å². The Balaban J connectivity index is 1.25. The average molecular weight is 383 g/mol. The maximum Gasteiger partial charge on any atom is 0.279 e. The first-order valence-electron chi connectivity index (χ1n) is 9.19. The lowest BCUT2D eigenvalue weighted by molar-refractivity contribution is -0.123. The lowest BCUT2D eigenvalue weighted by atomic mass is 9.89. The first kappa shape index (κ1) is 17.7. The lowest BCUT2D eigenvalue weighted by Crippen LogP contribution is -2.41. The van der Waals surface area contributed by atoms with Crippen molar-refractivity contribution in [3.05, 3.63) is 51.2 Å². The number of thiophene rings is 1. The minimum Gasteiger partial charge on any atom is -0.326 e. The monoisotopic (exact) mass is 383 g/mol. The summed E-state index contributed by atoms with van der Waals surface area (Å²) in [5.41, 5.74) is 8.11. The van der Waals surface area contributed by atoms with Crippen LogP contribution in [0, 0.1) is 5.92 Å². The van der Waals surface area contributed by atoms with Crippen molar-refractivity contribution in [3.8, 4) is 0 Å². The van der Waals surface area contributed by atoms with Crippen LogP contribution in [0.3, 0.4) is 0 Å². The minimum atomic E-state index is -0.292. The van der Waals surface area contributed by atoms with E-state index in [0.29, 0.717) is 17.7 Å². The van der Waals surface area contributed by atoms with Crippen LogP contribution in [0.25, 0.3) is 0 Å². The van der Waals surface area contributed by atoms with Crippen molar-refractivity contribution in [2.24, 2.45) is 5.92 Å². The number of carbonyl (C=O) groups excluding carboxylic acids is 3. The van der Waals surface area contributed by atoms with E-state index >= 15 is 0 Å². The number of carbonyl (C=O) groups is 3. The molecule has 1 aromatic carbocycles. The predicted octanol–water partition coefficient (Wildman–Crippen LogP) is 2.59. The Morgan fingerprint density at radius 1 is 1.15 bits per heavy atom. The summed E-state index contributed by atoms with van der Waals surface area (Å²) in [6, 6.07) is 9.61. The molecular weight excluding hydrogens is 362 g/mol. The molecule has 0 radical (unpaired) electrons. The highest BCUT2D eigenvalue weighted by Crippen LogP contribution is 2.30. The van der Waals surface area contributed by atoms with Gasteiger partial charge in [0.15, 0.2) is 0 Å². The molecule has 3 amide bonds. The van der Waals surface area contributed by atoms with Crippen LogP contribution in [-0.4, -0.2) is 17.7 Å². The fourth-order valence-corrected chi connectivity index (χ4v) is 4.79. The van der Waals surface area contributed by atoms with E-state index in [1.165, 1.54) is 21.8 Å². The molecule has 140 valence electrons. The predicted molar refractivity (Wildman–Crippen MR) is 103 cm³/mol. The van der Waals surface area contributed by atoms with Crippen LogP contribution >= 0.6 is 11.3 Å². The summed E-state index contributed by atoms with van der Waals surface area (Å²) in [7, 11) is 0. The second-order valence-electron chi connectivity index (χ2n) is 7.00. The number of hydrogen-bond donors (Lipinski definition) is 3. The highest BCUT2D eigenvalue weighted by atomic mass is 32.1. The number of aryl methyl sites for hydroxylation is 2. The molecule has 0 bridgehead atoms. The maximum absolute atomic E-state index is 12.2. The summed E-state index contributed by atoms with van der Waals surface area (Å²) in [6.07, 6.45) is 4.46. The van der Waals surface area contributed by atoms with Gasteiger partial charge < -0.3 is 5.32 Å². The van der Waals surface area contributed by atoms with Crippen molar-refractivity contribution < 1.29 is 14.4 Å². The molecule has 1 aliphatic carbocycles. The van der Waals surface area contributed by atoms with E-state index in [1.807, 2.05) is 30.3 Å². The first-order valence-corrected chi connectivity index (χ1v) is 10.0. The molecule has 6 nitrogen and oxygen atoms in total. The van der Waals surface area contributed by atoms with Gasteiger partial charge in [-0.3, -0.25) is 25.2 Å². The number of hydrazine groups is 1. The van der Waals surface area contributed by atoms with E-state index in [9.17, 15) is 14.4 Å². The zero-order valence-corrected chi connectivity index (χ0v) is 15.7. The van der Waals surface area contributed by atoms with Crippen molar-refractivity contribution in [3.63, 3.8) is 0 Å². The van der Waals surface area contributed by atoms with E-state index in [4.69, 9.17) is 0 Å². The summed E-state index contributed by atoms with van der Waals surface area (Å²) >= 11 is 1.50. The lowest BCUT2D eigenvalue weighted by Gasteiger charge is -2.24. The molecule has 7 heteroatoms. The third-order valence-electron chi connectivity index (χ3n) is 5.12. The Kier molecular flexibility index (Phi) is 4.94. The first-order chi connectivity index (χ1) is 13.1. The highest BCUT2D eigenvalue weighted by Gasteiger charge is 2.26. The highest BCUT2D eigenvalue weighted by molar-refractivity contribution is 7.14. The number of fused-ring (bicyclic) bond motifs is 2. The normalized spacial score (nSPS) is 17.6. The van der Waals surface area contributed by atoms with Crippen LogP contribution in [0.15, 0.2) is 30.3 Å². The van der Waals surface area contributed by atoms with Gasteiger partial charge in [-0.1, -0.05) is 18.2 Å². The Morgan fingerprint density at radius 3 is 2.85 bits per heavy atom. The maximum atomic E-state index is 12.2. The summed E-state index contributed by atoms with van der Waals surface area (Å²) in [5.74, 6) is -0.869. The fourth-order valence-electron chi connectivity index (χ4n) is 3.64. The smallest absolute Gasteiger partial charge is 0.279 e. The Bertz CT molecular complexity index is 884. The molecule has 27 heavy (non-hydrogen) atoms. The van der Waals surface area contributed by atoms with Crippen LogP contribution in [0.4, 0.5) is 5.69 Å². The second-order valence-corrected chi connectivity index (χ2v) is 8.14. The van der Waals surface area contributed by atoms with E-state index in [1.54, 1.807) is 0 Å². The van der Waals surface area contributed by atoms with E-state index in [-0.39, 0.29) is 30.1 Å². The van der Waals surface area contributed by atoms with Crippen LogP contribution in [0.1, 0.15) is 44.9 Å². The number of para-hydroxylation sites is 1. The SMILES string of the molecule is O=C(CCC1Cc2ccccc2NC1=O)NNC(=O)c1cc2c(s1)CCC2. The van der Waals surface area contributed by atoms with Crippen LogP contribution in [-0.2, 0) is 28.9 Å². The van der Waals surface area contributed by atoms with Crippen molar-refractivity contribution in [1.82, 2.24) is 10.9 Å². The quantitative estimate of drug-likeness (QED) is 0.709. The number of anilines is 1. The third kappa shape index (κ3) is 3.88. The molecule has 1 atom stereocenters. The largest absolute Gasteiger partial charge is 0.326 e. The molecule has 1 aliphatic heterocycles. The third-order valence-corrected chi connectivity index (χ3v) is 6.35. The Hall–Kier alpha value is -2.67. The summed E-state index contributed by atoms with van der Waals surface area (Å²) < 4.78 is 0. The molecule has 2 aromatic rings. The average Bonchev–Trinajstić information content (AvgIpc) is 3.26. The van der Waals surface area contributed by atoms with Gasteiger partial charge in [0.05, 0.1) is 4.88 Å². The van der Waals surface area contributed by atoms with Gasteiger partial charge >= 0.3 is 0 Å². The zero-order chi connectivity index (χ0) is 18.8. The number of hydrogen-bond acceptors (Lipinski definition) is 4.